The number of amides is 2. The molecular weight excluding hydrogens is 368 g/mol. The van der Waals surface area contributed by atoms with Gasteiger partial charge in [0.2, 0.25) is 0 Å². The highest BCUT2D eigenvalue weighted by molar-refractivity contribution is 6.04. The van der Waals surface area contributed by atoms with Crippen molar-refractivity contribution in [1.29, 1.82) is 0 Å². The molecule has 0 spiro atoms. The van der Waals surface area contributed by atoms with E-state index < -0.39 is 0 Å². The summed E-state index contributed by atoms with van der Waals surface area (Å²) in [6, 6.07) is 21.5. The van der Waals surface area contributed by atoms with Crippen molar-refractivity contribution in [2.24, 2.45) is 0 Å². The second-order valence-corrected chi connectivity index (χ2v) is 6.35. The van der Waals surface area contributed by atoms with E-state index in [-0.39, 0.29) is 17.5 Å². The zero-order chi connectivity index (χ0) is 20.1. The third-order valence-electron chi connectivity index (χ3n) is 4.27. The Hall–Kier alpha value is -4.13. The fourth-order valence-electron chi connectivity index (χ4n) is 2.82. The summed E-state index contributed by atoms with van der Waals surface area (Å²) >= 11 is 0. The molecule has 0 unspecified atom stereocenters. The lowest BCUT2D eigenvalue weighted by Crippen LogP contribution is -2.23. The molecule has 0 aliphatic carbocycles. The predicted octanol–water partition coefficient (Wildman–Crippen LogP) is 3.85. The second kappa shape index (κ2) is 8.26. The summed E-state index contributed by atoms with van der Waals surface area (Å²) in [5.74, 6) is 0.116. The van der Waals surface area contributed by atoms with E-state index in [1.165, 1.54) is 0 Å². The van der Waals surface area contributed by atoms with E-state index in [1.54, 1.807) is 42.7 Å². The zero-order valence-corrected chi connectivity index (χ0v) is 15.4. The van der Waals surface area contributed by atoms with Gasteiger partial charge < -0.3 is 15.1 Å². The van der Waals surface area contributed by atoms with Crippen LogP contribution in [-0.2, 0) is 6.54 Å². The molecular formula is C22H18N4O3. The van der Waals surface area contributed by atoms with E-state index in [2.05, 4.69) is 20.8 Å². The van der Waals surface area contributed by atoms with Crippen LogP contribution < -0.4 is 10.6 Å². The monoisotopic (exact) mass is 386 g/mol. The molecule has 0 saturated heterocycles. The number of H-pyrrole nitrogens is 1. The molecule has 7 nitrogen and oxygen atoms in total. The number of nitrogens with zero attached hydrogens (tertiary/aromatic N) is 1. The second-order valence-electron chi connectivity index (χ2n) is 6.35. The van der Waals surface area contributed by atoms with Gasteiger partial charge in [-0.3, -0.25) is 14.7 Å². The highest BCUT2D eigenvalue weighted by atomic mass is 16.3. The molecule has 29 heavy (non-hydrogen) atoms. The Balaban J connectivity index is 1.37. The maximum Gasteiger partial charge on any atom is 0.272 e. The van der Waals surface area contributed by atoms with Crippen molar-refractivity contribution in [1.82, 2.24) is 15.5 Å². The van der Waals surface area contributed by atoms with Gasteiger partial charge in [0.15, 0.2) is 11.5 Å². The maximum atomic E-state index is 12.4. The maximum absolute atomic E-state index is 12.4. The summed E-state index contributed by atoms with van der Waals surface area (Å²) < 4.78 is 5.28. The smallest absolute Gasteiger partial charge is 0.272 e. The SMILES string of the molecule is O=C(Nc1cccc(CNC(=O)c2cc(-c3ccco3)[nH]n2)c1)c1ccccc1. The van der Waals surface area contributed by atoms with Gasteiger partial charge in [0, 0.05) is 23.9 Å². The van der Waals surface area contributed by atoms with Gasteiger partial charge in [0.05, 0.1) is 6.26 Å². The van der Waals surface area contributed by atoms with Crippen molar-refractivity contribution in [2.75, 3.05) is 5.32 Å². The van der Waals surface area contributed by atoms with Gasteiger partial charge in [-0.15, -0.1) is 0 Å². The molecule has 144 valence electrons. The number of carbonyl (C=O) groups is 2. The lowest BCUT2D eigenvalue weighted by atomic mass is 10.1. The third-order valence-corrected chi connectivity index (χ3v) is 4.27. The molecule has 2 heterocycles. The van der Waals surface area contributed by atoms with Gasteiger partial charge in [0.1, 0.15) is 5.69 Å². The topological polar surface area (TPSA) is 100 Å². The fourth-order valence-corrected chi connectivity index (χ4v) is 2.82. The molecule has 4 rings (SSSR count). The average Bonchev–Trinajstić information content (AvgIpc) is 3.45. The van der Waals surface area contributed by atoms with Crippen molar-refractivity contribution < 1.29 is 14.0 Å². The van der Waals surface area contributed by atoms with Crippen molar-refractivity contribution in [3.05, 3.63) is 95.9 Å². The summed E-state index contributed by atoms with van der Waals surface area (Å²) in [7, 11) is 0. The van der Waals surface area contributed by atoms with Crippen LogP contribution in [0.2, 0.25) is 0 Å². The van der Waals surface area contributed by atoms with Crippen molar-refractivity contribution >= 4 is 17.5 Å². The molecule has 2 amide bonds. The summed E-state index contributed by atoms with van der Waals surface area (Å²) in [5.41, 5.74) is 2.99. The molecule has 0 aliphatic rings. The summed E-state index contributed by atoms with van der Waals surface area (Å²) in [4.78, 5) is 24.6. The van der Waals surface area contributed by atoms with Crippen LogP contribution in [0.3, 0.4) is 0 Å². The first kappa shape index (κ1) is 18.2. The number of hydrogen-bond donors (Lipinski definition) is 3. The van der Waals surface area contributed by atoms with Gasteiger partial charge in [-0.05, 0) is 42.0 Å². The Morgan fingerprint density at radius 1 is 0.931 bits per heavy atom. The predicted molar refractivity (Wildman–Crippen MR) is 108 cm³/mol. The van der Waals surface area contributed by atoms with Gasteiger partial charge in [-0.1, -0.05) is 30.3 Å². The Morgan fingerprint density at radius 3 is 2.59 bits per heavy atom. The summed E-state index contributed by atoms with van der Waals surface area (Å²) in [6.45, 7) is 0.302. The minimum atomic E-state index is -0.308. The van der Waals surface area contributed by atoms with Crippen LogP contribution in [0.25, 0.3) is 11.5 Å². The summed E-state index contributed by atoms with van der Waals surface area (Å²) in [6.07, 6.45) is 1.56. The molecule has 0 saturated carbocycles. The molecule has 0 fully saturated rings. The number of benzene rings is 2. The number of aromatic amines is 1. The molecule has 3 N–H and O–H groups in total. The highest BCUT2D eigenvalue weighted by Gasteiger charge is 2.13. The molecule has 2 aromatic heterocycles. The lowest BCUT2D eigenvalue weighted by Gasteiger charge is -2.08. The Morgan fingerprint density at radius 2 is 1.79 bits per heavy atom. The molecule has 0 atom stereocenters. The van der Waals surface area contributed by atoms with E-state index in [1.807, 2.05) is 36.4 Å². The van der Waals surface area contributed by atoms with Gasteiger partial charge in [-0.25, -0.2) is 0 Å². The van der Waals surface area contributed by atoms with Gasteiger partial charge in [0.25, 0.3) is 11.8 Å². The Labute approximate surface area is 166 Å². The van der Waals surface area contributed by atoms with Crippen LogP contribution in [0, 0.1) is 0 Å². The number of rotatable bonds is 6. The largest absolute Gasteiger partial charge is 0.463 e. The number of furan rings is 1. The average molecular weight is 386 g/mol. The van der Waals surface area contributed by atoms with Crippen LogP contribution >= 0.6 is 0 Å². The number of anilines is 1. The first-order valence-electron chi connectivity index (χ1n) is 9.02. The highest BCUT2D eigenvalue weighted by Crippen LogP contribution is 2.18. The molecule has 4 aromatic rings. The third kappa shape index (κ3) is 4.41. The summed E-state index contributed by atoms with van der Waals surface area (Å²) in [5, 5.41) is 12.5. The number of carbonyl (C=O) groups excluding carboxylic acids is 2. The van der Waals surface area contributed by atoms with Gasteiger partial charge in [-0.2, -0.15) is 5.10 Å². The Bertz CT molecular complexity index is 1120. The molecule has 0 aliphatic heterocycles. The van der Waals surface area contributed by atoms with Crippen LogP contribution in [0.1, 0.15) is 26.4 Å². The fraction of sp³-hybridized carbons (Fsp3) is 0.0455. The molecule has 0 radical (unpaired) electrons. The van der Waals surface area contributed by atoms with Crippen molar-refractivity contribution in [3.8, 4) is 11.5 Å². The number of aromatic nitrogens is 2. The first-order valence-corrected chi connectivity index (χ1v) is 9.02. The van der Waals surface area contributed by atoms with E-state index >= 15 is 0 Å². The van der Waals surface area contributed by atoms with Crippen LogP contribution in [0.15, 0.2) is 83.5 Å². The van der Waals surface area contributed by atoms with Crippen LogP contribution in [0.4, 0.5) is 5.69 Å². The van der Waals surface area contributed by atoms with E-state index in [0.29, 0.717) is 29.2 Å². The molecule has 7 heteroatoms. The normalized spacial score (nSPS) is 10.5. The van der Waals surface area contributed by atoms with E-state index in [9.17, 15) is 9.59 Å². The minimum Gasteiger partial charge on any atom is -0.463 e. The van der Waals surface area contributed by atoms with Crippen molar-refractivity contribution in [3.63, 3.8) is 0 Å². The van der Waals surface area contributed by atoms with E-state index in [0.717, 1.165) is 5.56 Å². The standard InChI is InChI=1S/C22H18N4O3/c27-21(16-7-2-1-3-8-16)24-17-9-4-6-15(12-17)14-23-22(28)19-13-18(25-26-19)20-10-5-11-29-20/h1-13H,14H2,(H,23,28)(H,24,27)(H,25,26). The van der Waals surface area contributed by atoms with Crippen LogP contribution in [0.5, 0.6) is 0 Å². The minimum absolute atomic E-state index is 0.186. The van der Waals surface area contributed by atoms with Crippen molar-refractivity contribution in [2.45, 2.75) is 6.54 Å². The molecule has 2 aromatic carbocycles. The lowest BCUT2D eigenvalue weighted by molar-refractivity contribution is 0.0945. The first-order chi connectivity index (χ1) is 14.2. The number of nitrogens with one attached hydrogen (secondary N) is 3. The van der Waals surface area contributed by atoms with Crippen LogP contribution in [-0.4, -0.2) is 22.0 Å². The Kier molecular flexibility index (Phi) is 5.20. The number of hydrogen-bond acceptors (Lipinski definition) is 4. The van der Waals surface area contributed by atoms with E-state index in [4.69, 9.17) is 4.42 Å². The quantitative estimate of drug-likeness (QED) is 0.469. The zero-order valence-electron chi connectivity index (χ0n) is 15.4. The van der Waals surface area contributed by atoms with Gasteiger partial charge >= 0.3 is 0 Å². The molecule has 0 bridgehead atoms.